The highest BCUT2D eigenvalue weighted by Crippen LogP contribution is 2.09. The second-order valence-electron chi connectivity index (χ2n) is 4.47. The summed E-state index contributed by atoms with van der Waals surface area (Å²) >= 11 is 5.78. The van der Waals surface area contributed by atoms with Crippen molar-refractivity contribution in [2.75, 3.05) is 27.2 Å². The number of nitrogens with one attached hydrogen (secondary N) is 1. The van der Waals surface area contributed by atoms with Crippen LogP contribution in [0.2, 0.25) is 5.02 Å². The molecule has 1 amide bonds. The fourth-order valence-electron chi connectivity index (χ4n) is 1.57. The van der Waals surface area contributed by atoms with E-state index in [0.717, 1.165) is 5.56 Å². The number of carbonyl (C=O) groups is 2. The highest BCUT2D eigenvalue weighted by Gasteiger charge is 2.08. The third-order valence-electron chi connectivity index (χ3n) is 2.74. The smallest absolute Gasteiger partial charge is 0.306 e. The lowest BCUT2D eigenvalue weighted by atomic mass is 10.2. The van der Waals surface area contributed by atoms with Gasteiger partial charge < -0.3 is 10.1 Å². The molecule has 0 saturated carbocycles. The number of nitrogens with zero attached hydrogens (tertiary/aromatic N) is 1. The van der Waals surface area contributed by atoms with Gasteiger partial charge in [-0.25, -0.2) is 0 Å². The minimum absolute atomic E-state index is 0.0904. The van der Waals surface area contributed by atoms with Crippen molar-refractivity contribution in [3.05, 3.63) is 34.9 Å². The van der Waals surface area contributed by atoms with E-state index in [2.05, 4.69) is 10.1 Å². The van der Waals surface area contributed by atoms with E-state index in [0.29, 0.717) is 18.1 Å². The van der Waals surface area contributed by atoms with Crippen LogP contribution in [-0.2, 0) is 20.9 Å². The Morgan fingerprint density at radius 2 is 1.95 bits per heavy atom. The largest absolute Gasteiger partial charge is 0.469 e. The zero-order valence-corrected chi connectivity index (χ0v) is 12.4. The number of hydrogen-bond acceptors (Lipinski definition) is 4. The summed E-state index contributed by atoms with van der Waals surface area (Å²) in [5.74, 6) is -0.370. The van der Waals surface area contributed by atoms with E-state index in [-0.39, 0.29) is 24.8 Å². The third-order valence-corrected chi connectivity index (χ3v) is 2.99. The molecule has 0 bridgehead atoms. The molecule has 0 heterocycles. The Balaban J connectivity index is 2.25. The highest BCUT2D eigenvalue weighted by atomic mass is 35.5. The van der Waals surface area contributed by atoms with Crippen molar-refractivity contribution in [2.45, 2.75) is 13.0 Å². The normalized spacial score (nSPS) is 10.4. The van der Waals surface area contributed by atoms with E-state index in [1.165, 1.54) is 7.11 Å². The van der Waals surface area contributed by atoms with Crippen LogP contribution in [0.25, 0.3) is 0 Å². The van der Waals surface area contributed by atoms with Crippen molar-refractivity contribution < 1.29 is 14.3 Å². The number of methoxy groups -OCH3 is 1. The number of hydrogen-bond donors (Lipinski definition) is 1. The van der Waals surface area contributed by atoms with Gasteiger partial charge in [-0.1, -0.05) is 23.7 Å². The number of likely N-dealkylation sites (N-methyl/N-ethyl adjacent to an activating group) is 1. The Labute approximate surface area is 123 Å². The first kappa shape index (κ1) is 16.5. The van der Waals surface area contributed by atoms with Crippen LogP contribution in [0.1, 0.15) is 12.0 Å². The van der Waals surface area contributed by atoms with Gasteiger partial charge in [0, 0.05) is 18.1 Å². The van der Waals surface area contributed by atoms with Gasteiger partial charge in [-0.2, -0.15) is 0 Å². The molecule has 0 fully saturated rings. The number of benzene rings is 1. The Kier molecular flexibility index (Phi) is 7.04. The molecule has 0 aliphatic rings. The molecule has 1 N–H and O–H groups in total. The summed E-state index contributed by atoms with van der Waals surface area (Å²) in [5, 5.41) is 3.48. The Morgan fingerprint density at radius 1 is 1.30 bits per heavy atom. The molecule has 0 saturated heterocycles. The van der Waals surface area contributed by atoms with E-state index >= 15 is 0 Å². The van der Waals surface area contributed by atoms with E-state index in [1.807, 2.05) is 12.1 Å². The first-order valence-electron chi connectivity index (χ1n) is 6.27. The fraction of sp³-hybridized carbons (Fsp3) is 0.429. The quantitative estimate of drug-likeness (QED) is 0.774. The SMILES string of the molecule is COC(=O)CCN(C)CC(=O)NCc1ccc(Cl)cc1. The molecule has 1 aromatic carbocycles. The summed E-state index contributed by atoms with van der Waals surface area (Å²) in [4.78, 5) is 24.5. The Hall–Kier alpha value is -1.59. The van der Waals surface area contributed by atoms with Crippen LogP contribution in [0.15, 0.2) is 24.3 Å². The number of amides is 1. The molecule has 0 aliphatic carbocycles. The lowest BCUT2D eigenvalue weighted by Crippen LogP contribution is -2.35. The number of esters is 1. The standard InChI is InChI=1S/C14H19ClN2O3/c1-17(8-7-14(19)20-2)10-13(18)16-9-11-3-5-12(15)6-4-11/h3-6H,7-10H2,1-2H3,(H,16,18). The van der Waals surface area contributed by atoms with Gasteiger partial charge in [0.25, 0.3) is 0 Å². The van der Waals surface area contributed by atoms with Crippen LogP contribution in [0.5, 0.6) is 0 Å². The first-order chi connectivity index (χ1) is 9.51. The number of halogens is 1. The predicted molar refractivity (Wildman–Crippen MR) is 77.4 cm³/mol. The van der Waals surface area contributed by atoms with Gasteiger partial charge in [-0.15, -0.1) is 0 Å². The molecule has 0 unspecified atom stereocenters. The minimum Gasteiger partial charge on any atom is -0.469 e. The lowest BCUT2D eigenvalue weighted by molar-refractivity contribution is -0.141. The Bertz CT molecular complexity index is 448. The van der Waals surface area contributed by atoms with E-state index in [4.69, 9.17) is 11.6 Å². The first-order valence-corrected chi connectivity index (χ1v) is 6.65. The van der Waals surface area contributed by atoms with E-state index < -0.39 is 0 Å². The molecule has 20 heavy (non-hydrogen) atoms. The van der Waals surface area contributed by atoms with Gasteiger partial charge in [0.05, 0.1) is 20.1 Å². The van der Waals surface area contributed by atoms with Gasteiger partial charge in [-0.3, -0.25) is 14.5 Å². The minimum atomic E-state index is -0.279. The molecule has 6 heteroatoms. The highest BCUT2D eigenvalue weighted by molar-refractivity contribution is 6.30. The van der Waals surface area contributed by atoms with Crippen LogP contribution in [-0.4, -0.2) is 44.0 Å². The van der Waals surface area contributed by atoms with Gasteiger partial charge in [0.15, 0.2) is 0 Å². The summed E-state index contributed by atoms with van der Waals surface area (Å²) in [6, 6.07) is 7.30. The molecule has 1 aromatic rings. The summed E-state index contributed by atoms with van der Waals surface area (Å²) in [6.45, 7) is 1.19. The number of rotatable bonds is 7. The molecule has 0 atom stereocenters. The molecule has 5 nitrogen and oxygen atoms in total. The zero-order valence-electron chi connectivity index (χ0n) is 11.7. The monoisotopic (exact) mass is 298 g/mol. The van der Waals surface area contributed by atoms with Crippen LogP contribution in [0, 0.1) is 0 Å². The second-order valence-corrected chi connectivity index (χ2v) is 4.90. The summed E-state index contributed by atoms with van der Waals surface area (Å²) in [6.07, 6.45) is 0.275. The fourth-order valence-corrected chi connectivity index (χ4v) is 1.69. The summed E-state index contributed by atoms with van der Waals surface area (Å²) in [7, 11) is 3.13. The number of carbonyl (C=O) groups excluding carboxylic acids is 2. The topological polar surface area (TPSA) is 58.6 Å². The molecule has 0 spiro atoms. The molecule has 0 aliphatic heterocycles. The van der Waals surface area contributed by atoms with Gasteiger partial charge in [0.2, 0.25) is 5.91 Å². The molecule has 1 rings (SSSR count). The van der Waals surface area contributed by atoms with Crippen molar-refractivity contribution in [1.82, 2.24) is 10.2 Å². The maximum atomic E-state index is 11.7. The van der Waals surface area contributed by atoms with Crippen molar-refractivity contribution in [2.24, 2.45) is 0 Å². The average Bonchev–Trinajstić information content (AvgIpc) is 2.44. The van der Waals surface area contributed by atoms with Crippen molar-refractivity contribution in [3.8, 4) is 0 Å². The lowest BCUT2D eigenvalue weighted by Gasteiger charge is -2.15. The van der Waals surface area contributed by atoms with Gasteiger partial charge in [-0.05, 0) is 24.7 Å². The Morgan fingerprint density at radius 3 is 2.55 bits per heavy atom. The molecular weight excluding hydrogens is 280 g/mol. The maximum absolute atomic E-state index is 11.7. The van der Waals surface area contributed by atoms with Crippen molar-refractivity contribution in [1.29, 1.82) is 0 Å². The molecule has 0 aromatic heterocycles. The average molecular weight is 299 g/mol. The van der Waals surface area contributed by atoms with Crippen LogP contribution in [0.4, 0.5) is 0 Å². The van der Waals surface area contributed by atoms with Crippen LogP contribution < -0.4 is 5.32 Å². The van der Waals surface area contributed by atoms with Crippen molar-refractivity contribution in [3.63, 3.8) is 0 Å². The maximum Gasteiger partial charge on any atom is 0.306 e. The molecule has 0 radical (unpaired) electrons. The van der Waals surface area contributed by atoms with Crippen molar-refractivity contribution >= 4 is 23.5 Å². The molecular formula is C14H19ClN2O3. The van der Waals surface area contributed by atoms with Gasteiger partial charge in [0.1, 0.15) is 0 Å². The summed E-state index contributed by atoms with van der Waals surface area (Å²) in [5.41, 5.74) is 0.986. The third kappa shape index (κ3) is 6.54. The predicted octanol–water partition coefficient (Wildman–Crippen LogP) is 1.45. The second kappa shape index (κ2) is 8.55. The molecule has 110 valence electrons. The van der Waals surface area contributed by atoms with Crippen LogP contribution in [0.3, 0.4) is 0 Å². The zero-order chi connectivity index (χ0) is 15.0. The van der Waals surface area contributed by atoms with Gasteiger partial charge >= 0.3 is 5.97 Å². The number of ether oxygens (including phenoxy) is 1. The van der Waals surface area contributed by atoms with Crippen LogP contribution >= 0.6 is 11.6 Å². The van der Waals surface area contributed by atoms with E-state index in [1.54, 1.807) is 24.1 Å². The summed E-state index contributed by atoms with van der Waals surface area (Å²) < 4.78 is 4.54. The van der Waals surface area contributed by atoms with E-state index in [9.17, 15) is 9.59 Å².